The number of rotatable bonds is 5. The topological polar surface area (TPSA) is 21.3 Å². The fourth-order valence-corrected chi connectivity index (χ4v) is 3.37. The second-order valence-corrected chi connectivity index (χ2v) is 6.46. The van der Waals surface area contributed by atoms with Crippen molar-refractivity contribution < 1.29 is 4.74 Å². The van der Waals surface area contributed by atoms with E-state index in [2.05, 4.69) is 44.5 Å². The van der Waals surface area contributed by atoms with Gasteiger partial charge in [-0.3, -0.25) is 0 Å². The molecular formula is C14H23NOS. The number of thiophene rings is 1. The highest BCUT2D eigenvalue weighted by atomic mass is 32.1. The van der Waals surface area contributed by atoms with Crippen LogP contribution in [-0.4, -0.2) is 18.8 Å². The van der Waals surface area contributed by atoms with Crippen molar-refractivity contribution in [3.05, 3.63) is 21.9 Å². The Hall–Kier alpha value is -0.380. The Kier molecular flexibility index (Phi) is 3.91. The molecule has 1 aliphatic carbocycles. The number of hydrogen-bond acceptors (Lipinski definition) is 3. The van der Waals surface area contributed by atoms with Gasteiger partial charge in [0.25, 0.3) is 0 Å². The van der Waals surface area contributed by atoms with Crippen LogP contribution in [0.1, 0.15) is 37.6 Å². The summed E-state index contributed by atoms with van der Waals surface area (Å²) in [6.45, 7) is 10.7. The first kappa shape index (κ1) is 13.1. The molecule has 17 heavy (non-hydrogen) atoms. The summed E-state index contributed by atoms with van der Waals surface area (Å²) in [6.07, 6.45) is 1.57. The number of nitrogens with one attached hydrogen (secondary N) is 1. The van der Waals surface area contributed by atoms with Crippen molar-refractivity contribution in [3.8, 4) is 0 Å². The van der Waals surface area contributed by atoms with E-state index in [0.29, 0.717) is 12.1 Å². The van der Waals surface area contributed by atoms with Crippen molar-refractivity contribution in [3.63, 3.8) is 0 Å². The van der Waals surface area contributed by atoms with E-state index >= 15 is 0 Å². The van der Waals surface area contributed by atoms with Crippen LogP contribution in [0.25, 0.3) is 0 Å². The van der Waals surface area contributed by atoms with Crippen LogP contribution in [0, 0.1) is 12.3 Å². The summed E-state index contributed by atoms with van der Waals surface area (Å²) in [5, 5.41) is 5.84. The first-order chi connectivity index (χ1) is 8.05. The molecule has 2 unspecified atom stereocenters. The monoisotopic (exact) mass is 253 g/mol. The van der Waals surface area contributed by atoms with Crippen molar-refractivity contribution in [1.82, 2.24) is 5.32 Å². The van der Waals surface area contributed by atoms with Gasteiger partial charge in [-0.1, -0.05) is 13.8 Å². The Bertz CT molecular complexity index is 372. The minimum Gasteiger partial charge on any atom is -0.378 e. The molecule has 1 heterocycles. The third-order valence-electron chi connectivity index (χ3n) is 4.02. The highest BCUT2D eigenvalue weighted by molar-refractivity contribution is 7.10. The fraction of sp³-hybridized carbons (Fsp3) is 0.714. The molecular weight excluding hydrogens is 230 g/mol. The second kappa shape index (κ2) is 5.09. The van der Waals surface area contributed by atoms with Crippen LogP contribution in [0.15, 0.2) is 11.4 Å². The lowest BCUT2D eigenvalue weighted by Crippen LogP contribution is -2.60. The standard InChI is InChI=1S/C14H23NOS/c1-5-16-13-8-12(14(13,3)4)15-9-11-10(2)6-7-17-11/h6-7,12-13,15H,5,8-9H2,1-4H3. The maximum absolute atomic E-state index is 5.75. The lowest BCUT2D eigenvalue weighted by molar-refractivity contribution is -0.114. The van der Waals surface area contributed by atoms with E-state index in [4.69, 9.17) is 4.74 Å². The number of aryl methyl sites for hydroxylation is 1. The quantitative estimate of drug-likeness (QED) is 0.869. The smallest absolute Gasteiger partial charge is 0.0655 e. The van der Waals surface area contributed by atoms with E-state index in [1.807, 2.05) is 11.3 Å². The lowest BCUT2D eigenvalue weighted by atomic mass is 9.64. The maximum Gasteiger partial charge on any atom is 0.0655 e. The largest absolute Gasteiger partial charge is 0.378 e. The molecule has 1 aromatic rings. The minimum atomic E-state index is 0.265. The third kappa shape index (κ3) is 2.56. The van der Waals surface area contributed by atoms with Crippen LogP contribution in [0.4, 0.5) is 0 Å². The van der Waals surface area contributed by atoms with E-state index in [1.165, 1.54) is 10.4 Å². The Labute approximate surface area is 108 Å². The Balaban J connectivity index is 1.84. The summed E-state index contributed by atoms with van der Waals surface area (Å²) in [4.78, 5) is 1.46. The first-order valence-corrected chi connectivity index (χ1v) is 7.31. The van der Waals surface area contributed by atoms with Crippen molar-refractivity contribution in [1.29, 1.82) is 0 Å². The Morgan fingerprint density at radius 1 is 1.53 bits per heavy atom. The molecule has 0 saturated heterocycles. The summed E-state index contributed by atoms with van der Waals surface area (Å²) < 4.78 is 5.75. The number of ether oxygens (including phenoxy) is 1. The predicted molar refractivity (Wildman–Crippen MR) is 73.5 cm³/mol. The van der Waals surface area contributed by atoms with Gasteiger partial charge in [-0.2, -0.15) is 0 Å². The van der Waals surface area contributed by atoms with E-state index in [-0.39, 0.29) is 5.41 Å². The molecule has 2 nitrogen and oxygen atoms in total. The van der Waals surface area contributed by atoms with Crippen molar-refractivity contribution >= 4 is 11.3 Å². The van der Waals surface area contributed by atoms with E-state index in [0.717, 1.165) is 19.6 Å². The summed E-state index contributed by atoms with van der Waals surface area (Å²) in [7, 11) is 0. The van der Waals surface area contributed by atoms with Crippen LogP contribution in [0.3, 0.4) is 0 Å². The van der Waals surface area contributed by atoms with E-state index in [1.54, 1.807) is 0 Å². The van der Waals surface area contributed by atoms with Gasteiger partial charge in [0.1, 0.15) is 0 Å². The molecule has 0 aliphatic heterocycles. The molecule has 1 N–H and O–H groups in total. The van der Waals surface area contributed by atoms with Crippen molar-refractivity contribution in [2.45, 2.75) is 52.8 Å². The second-order valence-electron chi connectivity index (χ2n) is 5.46. The van der Waals surface area contributed by atoms with Crippen LogP contribution < -0.4 is 5.32 Å². The molecule has 0 spiro atoms. The highest BCUT2D eigenvalue weighted by Gasteiger charge is 2.48. The summed E-state index contributed by atoms with van der Waals surface area (Å²) in [5.74, 6) is 0. The van der Waals surface area contributed by atoms with Gasteiger partial charge in [0.15, 0.2) is 0 Å². The lowest BCUT2D eigenvalue weighted by Gasteiger charge is -2.52. The average Bonchev–Trinajstić information content (AvgIpc) is 2.68. The molecule has 3 heteroatoms. The van der Waals surface area contributed by atoms with Gasteiger partial charge >= 0.3 is 0 Å². The number of hydrogen-bond donors (Lipinski definition) is 1. The van der Waals surface area contributed by atoms with Gasteiger partial charge in [-0.25, -0.2) is 0 Å². The molecule has 96 valence electrons. The Morgan fingerprint density at radius 3 is 2.82 bits per heavy atom. The van der Waals surface area contributed by atoms with Gasteiger partial charge in [-0.15, -0.1) is 11.3 Å². The average molecular weight is 253 g/mol. The maximum atomic E-state index is 5.75. The molecule has 1 fully saturated rings. The van der Waals surface area contributed by atoms with Crippen LogP contribution in [-0.2, 0) is 11.3 Å². The summed E-state index contributed by atoms with van der Waals surface area (Å²) >= 11 is 1.84. The molecule has 1 saturated carbocycles. The van der Waals surface area contributed by atoms with Gasteiger partial charge < -0.3 is 10.1 Å². The first-order valence-electron chi connectivity index (χ1n) is 6.43. The Morgan fingerprint density at radius 2 is 2.29 bits per heavy atom. The van der Waals surface area contributed by atoms with Gasteiger partial charge in [0.2, 0.25) is 0 Å². The molecule has 0 aromatic carbocycles. The van der Waals surface area contributed by atoms with E-state index < -0.39 is 0 Å². The molecule has 0 bridgehead atoms. The molecule has 2 atom stereocenters. The molecule has 1 aromatic heterocycles. The molecule has 0 amide bonds. The molecule has 1 aliphatic rings. The zero-order chi connectivity index (χ0) is 12.5. The minimum absolute atomic E-state index is 0.265. The summed E-state index contributed by atoms with van der Waals surface area (Å²) in [6, 6.07) is 2.77. The zero-order valence-corrected chi connectivity index (χ0v) is 12.1. The fourth-order valence-electron chi connectivity index (χ4n) is 2.52. The normalized spacial score (nSPS) is 26.8. The zero-order valence-electron chi connectivity index (χ0n) is 11.2. The molecule has 2 rings (SSSR count). The van der Waals surface area contributed by atoms with Crippen molar-refractivity contribution in [2.75, 3.05) is 6.61 Å². The SMILES string of the molecule is CCOC1CC(NCc2sccc2C)C1(C)C. The molecule has 0 radical (unpaired) electrons. The predicted octanol–water partition coefficient (Wildman–Crippen LogP) is 3.35. The van der Waals surface area contributed by atoms with E-state index in [9.17, 15) is 0 Å². The van der Waals surface area contributed by atoms with Gasteiger partial charge in [-0.05, 0) is 37.3 Å². The highest BCUT2D eigenvalue weighted by Crippen LogP contribution is 2.42. The summed E-state index contributed by atoms with van der Waals surface area (Å²) in [5.41, 5.74) is 1.67. The van der Waals surface area contributed by atoms with Gasteiger partial charge in [0, 0.05) is 29.5 Å². The van der Waals surface area contributed by atoms with Crippen LogP contribution in [0.5, 0.6) is 0 Å². The third-order valence-corrected chi connectivity index (χ3v) is 5.05. The van der Waals surface area contributed by atoms with Gasteiger partial charge in [0.05, 0.1) is 6.10 Å². The van der Waals surface area contributed by atoms with Crippen LogP contribution >= 0.6 is 11.3 Å². The van der Waals surface area contributed by atoms with Crippen molar-refractivity contribution in [2.24, 2.45) is 5.41 Å². The van der Waals surface area contributed by atoms with Crippen LogP contribution in [0.2, 0.25) is 0 Å².